The lowest BCUT2D eigenvalue weighted by atomic mass is 9.87. The van der Waals surface area contributed by atoms with E-state index < -0.39 is 0 Å². The molecule has 0 saturated heterocycles. The highest BCUT2D eigenvalue weighted by molar-refractivity contribution is 5.82. The molecule has 0 fully saturated rings. The van der Waals surface area contributed by atoms with Crippen LogP contribution < -0.4 is 0 Å². The van der Waals surface area contributed by atoms with Crippen LogP contribution in [0, 0.1) is 5.82 Å². The second-order valence-electron chi connectivity index (χ2n) is 4.32. The van der Waals surface area contributed by atoms with E-state index in [0.717, 1.165) is 30.5 Å². The number of hydrogen-bond donors (Lipinski definition) is 1. The predicted molar refractivity (Wildman–Crippen MR) is 65.8 cm³/mol. The largest absolute Gasteiger partial charge is 0.351 e. The zero-order valence-electron chi connectivity index (χ0n) is 9.41. The van der Waals surface area contributed by atoms with Crippen molar-refractivity contribution < 1.29 is 4.39 Å². The number of aromatic amines is 1. The van der Waals surface area contributed by atoms with E-state index >= 15 is 0 Å². The highest BCUT2D eigenvalue weighted by atomic mass is 19.1. The fraction of sp³-hybridized carbons (Fsp3) is 0.214. The van der Waals surface area contributed by atoms with Crippen LogP contribution in [0.25, 0.3) is 11.6 Å². The summed E-state index contributed by atoms with van der Waals surface area (Å²) in [5.41, 5.74) is 4.45. The Morgan fingerprint density at radius 3 is 3.06 bits per heavy atom. The number of nitrogens with one attached hydrogen (secondary N) is 1. The summed E-state index contributed by atoms with van der Waals surface area (Å²) < 4.78 is 13.2. The number of allylic oxidation sites excluding steroid dienone is 1. The Kier molecular flexibility index (Phi) is 2.52. The normalized spacial score (nSPS) is 17.1. The lowest BCUT2D eigenvalue weighted by Gasteiger charge is -2.18. The van der Waals surface area contributed by atoms with Crippen molar-refractivity contribution in [3.8, 4) is 0 Å². The van der Waals surface area contributed by atoms with E-state index in [1.54, 1.807) is 12.4 Å². The van der Waals surface area contributed by atoms with Gasteiger partial charge < -0.3 is 4.98 Å². The topological polar surface area (TPSA) is 28.7 Å². The lowest BCUT2D eigenvalue weighted by Crippen LogP contribution is -2.02. The van der Waals surface area contributed by atoms with E-state index in [9.17, 15) is 4.39 Å². The molecule has 1 aromatic carbocycles. The van der Waals surface area contributed by atoms with Gasteiger partial charge in [-0.2, -0.15) is 0 Å². The van der Waals surface area contributed by atoms with Crippen LogP contribution in [0.15, 0.2) is 30.7 Å². The van der Waals surface area contributed by atoms with E-state index in [1.807, 2.05) is 12.3 Å². The molecule has 2 nitrogen and oxygen atoms in total. The average molecular weight is 228 g/mol. The van der Waals surface area contributed by atoms with Crippen LogP contribution in [0.1, 0.15) is 29.7 Å². The van der Waals surface area contributed by atoms with Gasteiger partial charge in [0.05, 0.1) is 12.0 Å². The van der Waals surface area contributed by atoms with Crippen molar-refractivity contribution in [3.63, 3.8) is 0 Å². The van der Waals surface area contributed by atoms with Crippen molar-refractivity contribution in [2.75, 3.05) is 0 Å². The number of benzene rings is 1. The van der Waals surface area contributed by atoms with Crippen LogP contribution >= 0.6 is 0 Å². The van der Waals surface area contributed by atoms with Gasteiger partial charge in [-0.3, -0.25) is 0 Å². The molecular weight excluding hydrogens is 215 g/mol. The predicted octanol–water partition coefficient (Wildman–Crippen LogP) is 3.43. The number of imidazole rings is 1. The molecule has 0 spiro atoms. The van der Waals surface area contributed by atoms with Crippen molar-refractivity contribution in [1.82, 2.24) is 9.97 Å². The molecule has 0 radical (unpaired) electrons. The number of aryl methyl sites for hydroxylation is 1. The third-order valence-corrected chi connectivity index (χ3v) is 3.15. The monoisotopic (exact) mass is 228 g/mol. The molecule has 1 aliphatic rings. The molecular formula is C14H13FN2. The fourth-order valence-corrected chi connectivity index (χ4v) is 2.37. The SMILES string of the molecule is Fc1ccc2c(c1)CCC/C2=C\c1c[nH]cn1. The number of hydrogen-bond acceptors (Lipinski definition) is 1. The smallest absolute Gasteiger partial charge is 0.123 e. The van der Waals surface area contributed by atoms with Crippen LogP contribution in [-0.4, -0.2) is 9.97 Å². The van der Waals surface area contributed by atoms with Crippen LogP contribution in [-0.2, 0) is 6.42 Å². The molecule has 0 atom stereocenters. The van der Waals surface area contributed by atoms with Crippen LogP contribution in [0.4, 0.5) is 4.39 Å². The molecule has 1 aliphatic carbocycles. The molecule has 0 unspecified atom stereocenters. The van der Waals surface area contributed by atoms with Gasteiger partial charge in [-0.15, -0.1) is 0 Å². The zero-order valence-corrected chi connectivity index (χ0v) is 9.41. The maximum atomic E-state index is 13.2. The Bertz CT molecular complexity index is 556. The Balaban J connectivity index is 2.05. The molecule has 0 aliphatic heterocycles. The standard InChI is InChI=1S/C14H13FN2/c15-12-4-5-14-10(6-12)2-1-3-11(14)7-13-8-16-9-17-13/h4-9H,1-3H2,(H,16,17)/b11-7+. The third kappa shape index (κ3) is 2.00. The summed E-state index contributed by atoms with van der Waals surface area (Å²) in [5, 5.41) is 0. The molecule has 86 valence electrons. The Labute approximate surface area is 99.2 Å². The highest BCUT2D eigenvalue weighted by Crippen LogP contribution is 2.32. The van der Waals surface area contributed by atoms with Crippen molar-refractivity contribution in [3.05, 3.63) is 53.4 Å². The maximum Gasteiger partial charge on any atom is 0.123 e. The van der Waals surface area contributed by atoms with Gasteiger partial charge in [0, 0.05) is 6.20 Å². The van der Waals surface area contributed by atoms with E-state index in [-0.39, 0.29) is 5.82 Å². The van der Waals surface area contributed by atoms with E-state index in [0.29, 0.717) is 0 Å². The summed E-state index contributed by atoms with van der Waals surface area (Å²) in [6, 6.07) is 5.05. The van der Waals surface area contributed by atoms with Crippen molar-refractivity contribution in [1.29, 1.82) is 0 Å². The molecule has 3 heteroatoms. The van der Waals surface area contributed by atoms with Crippen molar-refractivity contribution >= 4 is 11.6 Å². The number of H-pyrrole nitrogens is 1. The Hall–Kier alpha value is -1.90. The first-order valence-electron chi connectivity index (χ1n) is 5.81. The van der Waals surface area contributed by atoms with Gasteiger partial charge in [-0.25, -0.2) is 9.37 Å². The van der Waals surface area contributed by atoms with E-state index in [1.165, 1.54) is 17.2 Å². The number of nitrogens with zero attached hydrogens (tertiary/aromatic N) is 1. The molecule has 0 amide bonds. The molecule has 1 heterocycles. The van der Waals surface area contributed by atoms with Gasteiger partial charge in [-0.05, 0) is 54.2 Å². The van der Waals surface area contributed by atoms with Crippen LogP contribution in [0.2, 0.25) is 0 Å². The quantitative estimate of drug-likeness (QED) is 0.796. The van der Waals surface area contributed by atoms with Gasteiger partial charge in [0.25, 0.3) is 0 Å². The summed E-state index contributed by atoms with van der Waals surface area (Å²) in [5.74, 6) is -0.148. The molecule has 0 bridgehead atoms. The molecule has 0 saturated carbocycles. The van der Waals surface area contributed by atoms with E-state index in [2.05, 4.69) is 16.0 Å². The second-order valence-corrected chi connectivity index (χ2v) is 4.32. The molecule has 3 rings (SSSR count). The number of fused-ring (bicyclic) bond motifs is 1. The van der Waals surface area contributed by atoms with Crippen LogP contribution in [0.5, 0.6) is 0 Å². The van der Waals surface area contributed by atoms with Gasteiger partial charge in [-0.1, -0.05) is 6.07 Å². The summed E-state index contributed by atoms with van der Waals surface area (Å²) in [6.07, 6.45) is 8.68. The minimum Gasteiger partial charge on any atom is -0.351 e. The van der Waals surface area contributed by atoms with Gasteiger partial charge >= 0.3 is 0 Å². The summed E-state index contributed by atoms with van der Waals surface area (Å²) in [4.78, 5) is 7.13. The van der Waals surface area contributed by atoms with Crippen molar-refractivity contribution in [2.45, 2.75) is 19.3 Å². The highest BCUT2D eigenvalue weighted by Gasteiger charge is 2.14. The van der Waals surface area contributed by atoms with Gasteiger partial charge in [0.1, 0.15) is 5.82 Å². The minimum absolute atomic E-state index is 0.148. The number of halogens is 1. The average Bonchev–Trinajstić information content (AvgIpc) is 2.82. The van der Waals surface area contributed by atoms with Gasteiger partial charge in [0.15, 0.2) is 0 Å². The van der Waals surface area contributed by atoms with Crippen LogP contribution in [0.3, 0.4) is 0 Å². The maximum absolute atomic E-state index is 13.2. The number of rotatable bonds is 1. The fourth-order valence-electron chi connectivity index (χ4n) is 2.37. The lowest BCUT2D eigenvalue weighted by molar-refractivity contribution is 0.623. The molecule has 1 N–H and O–H groups in total. The first kappa shape index (κ1) is 10.3. The van der Waals surface area contributed by atoms with E-state index in [4.69, 9.17) is 0 Å². The molecule has 1 aromatic heterocycles. The zero-order chi connectivity index (χ0) is 11.7. The second kappa shape index (κ2) is 4.17. The summed E-state index contributed by atoms with van der Waals surface area (Å²) >= 11 is 0. The summed E-state index contributed by atoms with van der Waals surface area (Å²) in [6.45, 7) is 0. The first-order valence-corrected chi connectivity index (χ1v) is 5.81. The third-order valence-electron chi connectivity index (χ3n) is 3.15. The Morgan fingerprint density at radius 1 is 1.29 bits per heavy atom. The van der Waals surface area contributed by atoms with Crippen molar-refractivity contribution in [2.24, 2.45) is 0 Å². The molecule has 17 heavy (non-hydrogen) atoms. The minimum atomic E-state index is -0.148. The van der Waals surface area contributed by atoms with Gasteiger partial charge in [0.2, 0.25) is 0 Å². The molecule has 2 aromatic rings. The Morgan fingerprint density at radius 2 is 2.24 bits per heavy atom. The first-order chi connectivity index (χ1) is 8.33. The number of aromatic nitrogens is 2. The summed E-state index contributed by atoms with van der Waals surface area (Å²) in [7, 11) is 0.